The molecule has 0 heterocycles. The lowest BCUT2D eigenvalue weighted by Crippen LogP contribution is -2.32. The van der Waals surface area contributed by atoms with Gasteiger partial charge in [-0.3, -0.25) is 9.10 Å². The van der Waals surface area contributed by atoms with Crippen LogP contribution in [0.1, 0.15) is 10.4 Å². The fourth-order valence-corrected chi connectivity index (χ4v) is 4.18. The maximum absolute atomic E-state index is 13.2. The summed E-state index contributed by atoms with van der Waals surface area (Å²) in [5.41, 5.74) is 0.582. The SMILES string of the molecule is C=CCN(c1ccccc1Cl)S(=O)(=O)c1cccc(C(=O)NCCOC)c1. The Kier molecular flexibility index (Phi) is 7.41. The smallest absolute Gasteiger partial charge is 0.264 e. The van der Waals surface area contributed by atoms with E-state index in [-0.39, 0.29) is 22.9 Å². The summed E-state index contributed by atoms with van der Waals surface area (Å²) in [6.07, 6.45) is 1.47. The number of halogens is 1. The highest BCUT2D eigenvalue weighted by Gasteiger charge is 2.26. The van der Waals surface area contributed by atoms with Crippen molar-refractivity contribution >= 4 is 33.2 Å². The van der Waals surface area contributed by atoms with E-state index in [2.05, 4.69) is 11.9 Å². The van der Waals surface area contributed by atoms with Crippen LogP contribution in [0.15, 0.2) is 66.1 Å². The van der Waals surface area contributed by atoms with E-state index in [1.807, 2.05) is 0 Å². The summed E-state index contributed by atoms with van der Waals surface area (Å²) in [7, 11) is -2.42. The fraction of sp³-hybridized carbons (Fsp3) is 0.211. The lowest BCUT2D eigenvalue weighted by Gasteiger charge is -2.24. The van der Waals surface area contributed by atoms with E-state index >= 15 is 0 Å². The fourth-order valence-electron chi connectivity index (χ4n) is 2.39. The average molecular weight is 409 g/mol. The van der Waals surface area contributed by atoms with Crippen molar-refractivity contribution in [2.45, 2.75) is 4.90 Å². The monoisotopic (exact) mass is 408 g/mol. The summed E-state index contributed by atoms with van der Waals surface area (Å²) < 4.78 is 32.4. The van der Waals surface area contributed by atoms with Crippen molar-refractivity contribution < 1.29 is 17.9 Å². The number of rotatable bonds is 9. The normalized spacial score (nSPS) is 11.0. The number of para-hydroxylation sites is 1. The first-order valence-electron chi connectivity index (χ1n) is 8.17. The van der Waals surface area contributed by atoms with Gasteiger partial charge in [-0.1, -0.05) is 35.9 Å². The zero-order valence-electron chi connectivity index (χ0n) is 14.9. The Balaban J connectivity index is 2.39. The van der Waals surface area contributed by atoms with Crippen LogP contribution in [-0.4, -0.2) is 41.1 Å². The molecule has 0 aliphatic rings. The molecule has 0 atom stereocenters. The van der Waals surface area contributed by atoms with Crippen LogP contribution in [0.4, 0.5) is 5.69 Å². The minimum Gasteiger partial charge on any atom is -0.383 e. The van der Waals surface area contributed by atoms with E-state index in [1.165, 1.54) is 31.4 Å². The first kappa shape index (κ1) is 21.0. The van der Waals surface area contributed by atoms with Gasteiger partial charge < -0.3 is 10.1 Å². The number of nitrogens with zero attached hydrogens (tertiary/aromatic N) is 1. The summed E-state index contributed by atoms with van der Waals surface area (Å²) in [4.78, 5) is 12.2. The number of amides is 1. The van der Waals surface area contributed by atoms with Crippen LogP contribution in [0.5, 0.6) is 0 Å². The molecule has 0 unspecified atom stereocenters. The molecular weight excluding hydrogens is 388 g/mol. The Morgan fingerprint density at radius 3 is 2.67 bits per heavy atom. The molecule has 0 fully saturated rings. The maximum atomic E-state index is 13.2. The average Bonchev–Trinajstić information content (AvgIpc) is 2.67. The largest absolute Gasteiger partial charge is 0.383 e. The molecular formula is C19H21ClN2O4S. The van der Waals surface area contributed by atoms with E-state index in [0.29, 0.717) is 23.9 Å². The van der Waals surface area contributed by atoms with Gasteiger partial charge >= 0.3 is 0 Å². The van der Waals surface area contributed by atoms with Gasteiger partial charge in [0.2, 0.25) is 0 Å². The van der Waals surface area contributed by atoms with Crippen molar-refractivity contribution in [3.8, 4) is 0 Å². The van der Waals surface area contributed by atoms with Crippen molar-refractivity contribution in [3.63, 3.8) is 0 Å². The van der Waals surface area contributed by atoms with Crippen molar-refractivity contribution in [1.82, 2.24) is 5.32 Å². The quantitative estimate of drug-likeness (QED) is 0.511. The Morgan fingerprint density at radius 2 is 2.00 bits per heavy atom. The third kappa shape index (κ3) is 5.09. The zero-order chi connectivity index (χ0) is 19.9. The molecule has 27 heavy (non-hydrogen) atoms. The van der Waals surface area contributed by atoms with Crippen LogP contribution >= 0.6 is 11.6 Å². The van der Waals surface area contributed by atoms with Crippen molar-refractivity contribution in [3.05, 3.63) is 71.8 Å². The third-order valence-electron chi connectivity index (χ3n) is 3.69. The first-order valence-corrected chi connectivity index (χ1v) is 9.99. The lowest BCUT2D eigenvalue weighted by molar-refractivity contribution is 0.0937. The van der Waals surface area contributed by atoms with E-state index in [4.69, 9.17) is 16.3 Å². The number of nitrogens with one attached hydrogen (secondary N) is 1. The predicted octanol–water partition coefficient (Wildman–Crippen LogP) is 3.10. The molecule has 1 amide bonds. The van der Waals surface area contributed by atoms with E-state index < -0.39 is 10.0 Å². The number of sulfonamides is 1. The number of carbonyl (C=O) groups excluding carboxylic acids is 1. The molecule has 2 rings (SSSR count). The molecule has 0 aliphatic heterocycles. The number of ether oxygens (including phenoxy) is 1. The molecule has 0 saturated heterocycles. The van der Waals surface area contributed by atoms with Gasteiger partial charge in [-0.2, -0.15) is 0 Å². The minimum atomic E-state index is -3.95. The number of carbonyl (C=O) groups is 1. The van der Waals surface area contributed by atoms with Crippen LogP contribution in [0.2, 0.25) is 5.02 Å². The summed E-state index contributed by atoms with van der Waals surface area (Å²) >= 11 is 6.18. The molecule has 144 valence electrons. The highest BCUT2D eigenvalue weighted by molar-refractivity contribution is 7.92. The Bertz CT molecular complexity index is 915. The van der Waals surface area contributed by atoms with Gasteiger partial charge in [0.15, 0.2) is 0 Å². The molecule has 1 N–H and O–H groups in total. The van der Waals surface area contributed by atoms with Crippen molar-refractivity contribution in [1.29, 1.82) is 0 Å². The van der Waals surface area contributed by atoms with E-state index in [9.17, 15) is 13.2 Å². The molecule has 0 saturated carbocycles. The van der Waals surface area contributed by atoms with Crippen molar-refractivity contribution in [2.24, 2.45) is 0 Å². The lowest BCUT2D eigenvalue weighted by atomic mass is 10.2. The molecule has 0 aliphatic carbocycles. The number of methoxy groups -OCH3 is 1. The highest BCUT2D eigenvalue weighted by atomic mass is 35.5. The summed E-state index contributed by atoms with van der Waals surface area (Å²) in [6, 6.07) is 12.5. The Labute approximate surface area is 164 Å². The molecule has 2 aromatic carbocycles. The number of hydrogen-bond acceptors (Lipinski definition) is 4. The van der Waals surface area contributed by atoms with Gasteiger partial charge in [0, 0.05) is 19.2 Å². The molecule has 0 spiro atoms. The standard InChI is InChI=1S/C19H21ClN2O4S/c1-3-12-22(18-10-5-4-9-17(18)20)27(24,25)16-8-6-7-15(14-16)19(23)21-11-13-26-2/h3-10,14H,1,11-13H2,2H3,(H,21,23). The first-order chi connectivity index (χ1) is 12.9. The van der Waals surface area contributed by atoms with E-state index in [1.54, 1.807) is 30.3 Å². The molecule has 0 aromatic heterocycles. The van der Waals surface area contributed by atoms with Gasteiger partial charge in [0.25, 0.3) is 15.9 Å². The van der Waals surface area contributed by atoms with E-state index in [0.717, 1.165) is 4.31 Å². The summed E-state index contributed by atoms with van der Waals surface area (Å²) in [6.45, 7) is 4.36. The van der Waals surface area contributed by atoms with Gasteiger partial charge in [0.05, 0.1) is 28.8 Å². The Morgan fingerprint density at radius 1 is 1.26 bits per heavy atom. The molecule has 0 radical (unpaired) electrons. The summed E-state index contributed by atoms with van der Waals surface area (Å²) in [5.74, 6) is -0.378. The number of anilines is 1. The second-order valence-electron chi connectivity index (χ2n) is 5.55. The maximum Gasteiger partial charge on any atom is 0.264 e. The van der Waals surface area contributed by atoms with Gasteiger partial charge in [-0.05, 0) is 30.3 Å². The molecule has 8 heteroatoms. The third-order valence-corrected chi connectivity index (χ3v) is 5.79. The minimum absolute atomic E-state index is 0.0105. The molecule has 6 nitrogen and oxygen atoms in total. The molecule has 2 aromatic rings. The summed E-state index contributed by atoms with van der Waals surface area (Å²) in [5, 5.41) is 2.97. The zero-order valence-corrected chi connectivity index (χ0v) is 16.5. The van der Waals surface area contributed by atoms with Gasteiger partial charge in [0.1, 0.15) is 0 Å². The number of benzene rings is 2. The van der Waals surface area contributed by atoms with Crippen LogP contribution in [0, 0.1) is 0 Å². The highest BCUT2D eigenvalue weighted by Crippen LogP contribution is 2.30. The van der Waals surface area contributed by atoms with Crippen LogP contribution in [0.3, 0.4) is 0 Å². The molecule has 0 bridgehead atoms. The van der Waals surface area contributed by atoms with Gasteiger partial charge in [-0.25, -0.2) is 8.42 Å². The van der Waals surface area contributed by atoms with Crippen LogP contribution in [0.25, 0.3) is 0 Å². The predicted molar refractivity (Wildman–Crippen MR) is 107 cm³/mol. The second kappa shape index (κ2) is 9.55. The van der Waals surface area contributed by atoms with Gasteiger partial charge in [-0.15, -0.1) is 6.58 Å². The number of hydrogen-bond donors (Lipinski definition) is 1. The van der Waals surface area contributed by atoms with Crippen LogP contribution in [-0.2, 0) is 14.8 Å². The second-order valence-corrected chi connectivity index (χ2v) is 7.82. The topological polar surface area (TPSA) is 75.7 Å². The van der Waals surface area contributed by atoms with Crippen molar-refractivity contribution in [2.75, 3.05) is 31.1 Å². The van der Waals surface area contributed by atoms with Crippen LogP contribution < -0.4 is 9.62 Å². The Hall–Kier alpha value is -2.35.